The Morgan fingerprint density at radius 2 is 1.43 bits per heavy atom. The van der Waals surface area contributed by atoms with Crippen LogP contribution in [0.15, 0.2) is 60.7 Å². The molecule has 0 aromatic heterocycles. The number of carbonyl (C=O) groups excluding carboxylic acids is 1. The number of rotatable bonds is 2. The molecule has 0 spiro atoms. The van der Waals surface area contributed by atoms with Crippen molar-refractivity contribution in [3.63, 3.8) is 0 Å². The molecule has 2 aromatic carbocycles. The van der Waals surface area contributed by atoms with E-state index in [0.29, 0.717) is 18.1 Å². The summed E-state index contributed by atoms with van der Waals surface area (Å²) in [6.07, 6.45) is 1.61. The van der Waals surface area contributed by atoms with Gasteiger partial charge in [0.2, 0.25) is 0 Å². The minimum Gasteiger partial charge on any atom is -0.316 e. The molecule has 1 saturated heterocycles. The second-order valence-electron chi connectivity index (χ2n) is 6.54. The van der Waals surface area contributed by atoms with Crippen molar-refractivity contribution in [1.82, 2.24) is 5.32 Å². The molecular weight excluding hydrogens is 306 g/mol. The van der Waals surface area contributed by atoms with Gasteiger partial charge in [0.1, 0.15) is 5.78 Å². The minimum atomic E-state index is -0.0371. The fourth-order valence-electron chi connectivity index (χ4n) is 4.58. The number of hydrogen-bond acceptors (Lipinski definition) is 2. The summed E-state index contributed by atoms with van der Waals surface area (Å²) in [5.41, 5.74) is 2.67. The maximum absolute atomic E-state index is 12.4. The highest BCUT2D eigenvalue weighted by atomic mass is 35.5. The number of carbonyl (C=O) groups is 1. The first kappa shape index (κ1) is 16.2. The first-order valence-corrected chi connectivity index (χ1v) is 8.17. The summed E-state index contributed by atoms with van der Waals surface area (Å²) in [4.78, 5) is 12.4. The summed E-state index contributed by atoms with van der Waals surface area (Å²) in [6.45, 7) is 1.77. The summed E-state index contributed by atoms with van der Waals surface area (Å²) in [7, 11) is 0. The number of halogens is 1. The van der Waals surface area contributed by atoms with Crippen LogP contribution in [0.3, 0.4) is 0 Å². The van der Waals surface area contributed by atoms with Crippen molar-refractivity contribution in [2.45, 2.75) is 18.3 Å². The van der Waals surface area contributed by atoms with Gasteiger partial charge in [0.15, 0.2) is 0 Å². The van der Waals surface area contributed by atoms with Crippen LogP contribution in [-0.4, -0.2) is 18.9 Å². The minimum absolute atomic E-state index is 0. The van der Waals surface area contributed by atoms with E-state index in [0.717, 1.165) is 19.5 Å². The maximum Gasteiger partial charge on any atom is 0.137 e. The van der Waals surface area contributed by atoms with Gasteiger partial charge >= 0.3 is 0 Å². The Kier molecular flexibility index (Phi) is 4.56. The van der Waals surface area contributed by atoms with Gasteiger partial charge in [-0.05, 0) is 30.0 Å². The van der Waals surface area contributed by atoms with Gasteiger partial charge < -0.3 is 5.32 Å². The standard InChI is InChI=1S/C20H21NO.ClH/c22-19-11-12-20(15-7-3-1-4-8-15,16-9-5-2-6-10-16)18-14-21-13-17(18)19;/h1-10,17-18,21H,11-14H2;1H/t17-,18+;/m1./s1. The molecule has 2 aromatic rings. The number of benzene rings is 2. The van der Waals surface area contributed by atoms with Crippen molar-refractivity contribution >= 4 is 18.2 Å². The van der Waals surface area contributed by atoms with Crippen LogP contribution in [-0.2, 0) is 10.2 Å². The molecule has 23 heavy (non-hydrogen) atoms. The number of fused-ring (bicyclic) bond motifs is 1. The molecule has 2 aliphatic rings. The van der Waals surface area contributed by atoms with E-state index in [2.05, 4.69) is 66.0 Å². The van der Waals surface area contributed by atoms with Gasteiger partial charge in [0.05, 0.1) is 0 Å². The number of Topliss-reactive ketones (excluding diaryl/α,β-unsaturated/α-hetero) is 1. The fraction of sp³-hybridized carbons (Fsp3) is 0.350. The van der Waals surface area contributed by atoms with Crippen molar-refractivity contribution in [3.8, 4) is 0 Å². The Bertz CT molecular complexity index is 631. The third-order valence-electron chi connectivity index (χ3n) is 5.60. The maximum atomic E-state index is 12.4. The summed E-state index contributed by atoms with van der Waals surface area (Å²) in [5.74, 6) is 0.963. The third-order valence-corrected chi connectivity index (χ3v) is 5.60. The monoisotopic (exact) mass is 327 g/mol. The Balaban J connectivity index is 0.00000156. The van der Waals surface area contributed by atoms with E-state index >= 15 is 0 Å². The summed E-state index contributed by atoms with van der Waals surface area (Å²) in [6, 6.07) is 21.6. The molecule has 1 aliphatic heterocycles. The van der Waals surface area contributed by atoms with E-state index in [9.17, 15) is 4.79 Å². The van der Waals surface area contributed by atoms with Gasteiger partial charge in [-0.2, -0.15) is 0 Å². The van der Waals surface area contributed by atoms with Gasteiger partial charge in [0.25, 0.3) is 0 Å². The number of hydrogen-bond donors (Lipinski definition) is 1. The van der Waals surface area contributed by atoms with E-state index < -0.39 is 0 Å². The van der Waals surface area contributed by atoms with Gasteiger partial charge in [-0.1, -0.05) is 60.7 Å². The van der Waals surface area contributed by atoms with Gasteiger partial charge in [0, 0.05) is 24.3 Å². The zero-order valence-corrected chi connectivity index (χ0v) is 13.9. The van der Waals surface area contributed by atoms with Crippen LogP contribution in [0.1, 0.15) is 24.0 Å². The molecule has 120 valence electrons. The van der Waals surface area contributed by atoms with Crippen LogP contribution in [0.25, 0.3) is 0 Å². The van der Waals surface area contributed by atoms with E-state index in [1.165, 1.54) is 11.1 Å². The Morgan fingerprint density at radius 3 is 2.00 bits per heavy atom. The first-order valence-electron chi connectivity index (χ1n) is 8.17. The predicted octanol–water partition coefficient (Wildman–Crippen LogP) is 3.59. The molecule has 4 rings (SSSR count). The van der Waals surface area contributed by atoms with E-state index in [4.69, 9.17) is 0 Å². The van der Waals surface area contributed by atoms with E-state index in [1.807, 2.05) is 0 Å². The summed E-state index contributed by atoms with van der Waals surface area (Å²) >= 11 is 0. The van der Waals surface area contributed by atoms with Crippen molar-refractivity contribution in [1.29, 1.82) is 0 Å². The smallest absolute Gasteiger partial charge is 0.137 e. The Labute approximate surface area is 143 Å². The molecule has 2 nitrogen and oxygen atoms in total. The fourth-order valence-corrected chi connectivity index (χ4v) is 4.58. The third kappa shape index (κ3) is 2.50. The lowest BCUT2D eigenvalue weighted by atomic mass is 9.56. The predicted molar refractivity (Wildman–Crippen MR) is 95.0 cm³/mol. The molecule has 0 unspecified atom stereocenters. The molecule has 2 fully saturated rings. The Morgan fingerprint density at radius 1 is 0.870 bits per heavy atom. The highest BCUT2D eigenvalue weighted by Crippen LogP contribution is 2.50. The topological polar surface area (TPSA) is 29.1 Å². The SMILES string of the molecule is Cl.O=C1CCC(c2ccccc2)(c2ccccc2)[C@H]2CNC[C@@H]12. The molecule has 0 radical (unpaired) electrons. The normalized spacial score (nSPS) is 25.5. The van der Waals surface area contributed by atoms with Crippen molar-refractivity contribution in [2.24, 2.45) is 11.8 Å². The van der Waals surface area contributed by atoms with Crippen LogP contribution in [0.4, 0.5) is 0 Å². The zero-order chi connectivity index (χ0) is 15.0. The van der Waals surface area contributed by atoms with Crippen molar-refractivity contribution in [3.05, 3.63) is 71.8 Å². The highest BCUT2D eigenvalue weighted by Gasteiger charge is 2.52. The van der Waals surface area contributed by atoms with Crippen LogP contribution < -0.4 is 5.32 Å². The molecule has 2 atom stereocenters. The molecule has 1 aliphatic carbocycles. The van der Waals surface area contributed by atoms with Crippen LogP contribution in [0, 0.1) is 11.8 Å². The van der Waals surface area contributed by atoms with Crippen LogP contribution in [0.2, 0.25) is 0 Å². The van der Waals surface area contributed by atoms with Gasteiger partial charge in [-0.25, -0.2) is 0 Å². The van der Waals surface area contributed by atoms with E-state index in [-0.39, 0.29) is 23.7 Å². The van der Waals surface area contributed by atoms with Crippen molar-refractivity contribution in [2.75, 3.05) is 13.1 Å². The lowest BCUT2D eigenvalue weighted by Gasteiger charge is -2.45. The number of ketones is 1. The molecule has 1 saturated carbocycles. The molecule has 0 amide bonds. The summed E-state index contributed by atoms with van der Waals surface area (Å²) < 4.78 is 0. The molecule has 3 heteroatoms. The van der Waals surface area contributed by atoms with Crippen LogP contribution >= 0.6 is 12.4 Å². The second-order valence-corrected chi connectivity index (χ2v) is 6.54. The van der Waals surface area contributed by atoms with Gasteiger partial charge in [-0.15, -0.1) is 12.4 Å². The molecular formula is C20H22ClNO. The first-order chi connectivity index (χ1) is 10.8. The Hall–Kier alpha value is -1.64. The second kappa shape index (κ2) is 6.46. The highest BCUT2D eigenvalue weighted by molar-refractivity contribution is 5.85. The molecule has 1 heterocycles. The quantitative estimate of drug-likeness (QED) is 0.913. The average molecular weight is 328 g/mol. The number of nitrogens with one attached hydrogen (secondary N) is 1. The average Bonchev–Trinajstić information content (AvgIpc) is 3.08. The molecule has 1 N–H and O–H groups in total. The molecule has 0 bridgehead atoms. The van der Waals surface area contributed by atoms with E-state index in [1.54, 1.807) is 0 Å². The van der Waals surface area contributed by atoms with Crippen LogP contribution in [0.5, 0.6) is 0 Å². The summed E-state index contributed by atoms with van der Waals surface area (Å²) in [5, 5.41) is 3.47. The van der Waals surface area contributed by atoms with Gasteiger partial charge in [-0.3, -0.25) is 4.79 Å². The largest absolute Gasteiger partial charge is 0.316 e. The van der Waals surface area contributed by atoms with Crippen molar-refractivity contribution < 1.29 is 4.79 Å². The lowest BCUT2D eigenvalue weighted by molar-refractivity contribution is -0.126. The lowest BCUT2D eigenvalue weighted by Crippen LogP contribution is -2.47. The zero-order valence-electron chi connectivity index (χ0n) is 13.1.